The van der Waals surface area contributed by atoms with Crippen molar-refractivity contribution in [3.8, 4) is 11.8 Å². The number of aldehydes is 2. The first-order chi connectivity index (χ1) is 21.5. The van der Waals surface area contributed by atoms with Crippen LogP contribution in [0.1, 0.15) is 57.2 Å². The number of nitrogens with one attached hydrogen (secondary N) is 3. The number of imidazole rings is 1. The van der Waals surface area contributed by atoms with E-state index in [4.69, 9.17) is 10.1 Å². The molecule has 8 nitrogen and oxygen atoms in total. The Labute approximate surface area is 260 Å². The first-order valence-corrected chi connectivity index (χ1v) is 14.4. The third kappa shape index (κ3) is 13.3. The van der Waals surface area contributed by atoms with Gasteiger partial charge in [0, 0.05) is 42.5 Å². The largest absolute Gasteiger partial charge is 0.388 e. The van der Waals surface area contributed by atoms with Crippen molar-refractivity contribution in [3.05, 3.63) is 125 Å². The zero-order valence-corrected chi connectivity index (χ0v) is 25.8. The van der Waals surface area contributed by atoms with E-state index in [-0.39, 0.29) is 0 Å². The lowest BCUT2D eigenvalue weighted by Crippen LogP contribution is -2.32. The van der Waals surface area contributed by atoms with Gasteiger partial charge in [0.25, 0.3) is 0 Å². The van der Waals surface area contributed by atoms with Crippen LogP contribution in [0.2, 0.25) is 0 Å². The van der Waals surface area contributed by atoms with E-state index in [2.05, 4.69) is 39.1 Å². The Bertz CT molecular complexity index is 1510. The number of rotatable bonds is 6. The van der Waals surface area contributed by atoms with Crippen molar-refractivity contribution in [1.82, 2.24) is 14.9 Å². The van der Waals surface area contributed by atoms with E-state index in [1.165, 1.54) is 0 Å². The molecule has 0 spiro atoms. The summed E-state index contributed by atoms with van der Waals surface area (Å²) in [7, 11) is 3.98. The highest BCUT2D eigenvalue weighted by molar-refractivity contribution is 6.08. The van der Waals surface area contributed by atoms with Crippen LogP contribution in [0, 0.1) is 17.3 Å². The lowest BCUT2D eigenvalue weighted by Gasteiger charge is -2.21. The number of morpholine rings is 1. The highest BCUT2D eigenvalue weighted by Gasteiger charge is 2.02. The first kappa shape index (κ1) is 35.1. The molecule has 4 aromatic rings. The van der Waals surface area contributed by atoms with E-state index in [0.717, 1.165) is 61.3 Å². The number of aromatic nitrogens is 2. The Kier molecular flexibility index (Phi) is 16.5. The number of likely N-dealkylation sites (N-methyl/N-ethyl adjacent to an activating group) is 1. The summed E-state index contributed by atoms with van der Waals surface area (Å²) in [5.41, 5.74) is 5.00. The molecule has 2 heterocycles. The number of carbonyl (C=O) groups is 2. The van der Waals surface area contributed by atoms with Crippen LogP contribution < -0.4 is 5.32 Å². The molecule has 44 heavy (non-hydrogen) atoms. The Hall–Kier alpha value is -5.10. The monoisotopic (exact) mass is 591 g/mol. The van der Waals surface area contributed by atoms with Gasteiger partial charge in [-0.2, -0.15) is 0 Å². The Morgan fingerprint density at radius 1 is 0.932 bits per heavy atom. The zero-order valence-electron chi connectivity index (χ0n) is 25.8. The Morgan fingerprint density at radius 2 is 1.59 bits per heavy atom. The van der Waals surface area contributed by atoms with Gasteiger partial charge < -0.3 is 25.3 Å². The topological polar surface area (TPSA) is 111 Å². The van der Waals surface area contributed by atoms with Gasteiger partial charge in [-0.05, 0) is 48.9 Å². The summed E-state index contributed by atoms with van der Waals surface area (Å²) in [6, 6.07) is 23.8. The van der Waals surface area contributed by atoms with Gasteiger partial charge in [-0.25, -0.2) is 4.98 Å². The van der Waals surface area contributed by atoms with Crippen molar-refractivity contribution in [2.75, 3.05) is 45.7 Å². The molecule has 3 aromatic carbocycles. The quantitative estimate of drug-likeness (QED) is 0.140. The second-order valence-corrected chi connectivity index (χ2v) is 9.19. The predicted molar refractivity (Wildman–Crippen MR) is 180 cm³/mol. The van der Waals surface area contributed by atoms with Crippen LogP contribution in [-0.4, -0.2) is 73.6 Å². The number of allylic oxidation sites excluding steroid dienone is 1. The summed E-state index contributed by atoms with van der Waals surface area (Å²) < 4.78 is 5.10. The van der Waals surface area contributed by atoms with Gasteiger partial charge in [0.05, 0.1) is 25.1 Å². The van der Waals surface area contributed by atoms with E-state index in [9.17, 15) is 9.59 Å². The van der Waals surface area contributed by atoms with Crippen LogP contribution in [0.3, 0.4) is 0 Å². The second-order valence-electron chi connectivity index (χ2n) is 9.19. The highest BCUT2D eigenvalue weighted by Crippen LogP contribution is 2.09. The number of ether oxygens (including phenoxy) is 1. The molecule has 1 aliphatic rings. The summed E-state index contributed by atoms with van der Waals surface area (Å²) in [5, 5.41) is 11.2. The molecular weight excluding hydrogens is 550 g/mol. The SMILES string of the molecule is CC.CN1CCOCC1.CNc1cccc(C#Cc2cnc(/C=C\C(=N)c3ccc(C=O)cc3)[nH]2)c1.O=Cc1ccccc1. The molecule has 5 rings (SSSR count). The molecule has 0 bridgehead atoms. The number of anilines is 1. The predicted octanol–water partition coefficient (Wildman–Crippen LogP) is 6.22. The number of carbonyl (C=O) groups excluding carboxylic acids is 2. The van der Waals surface area contributed by atoms with E-state index in [1.807, 2.05) is 63.4 Å². The average Bonchev–Trinajstić information content (AvgIpc) is 3.56. The molecule has 1 aromatic heterocycles. The summed E-state index contributed by atoms with van der Waals surface area (Å²) in [6.45, 7) is 8.02. The molecule has 0 atom stereocenters. The molecule has 1 aliphatic heterocycles. The summed E-state index contributed by atoms with van der Waals surface area (Å²) >= 11 is 0. The van der Waals surface area contributed by atoms with Crippen LogP contribution in [0.4, 0.5) is 5.69 Å². The molecule has 0 aliphatic carbocycles. The first-order valence-electron chi connectivity index (χ1n) is 14.4. The third-order valence-electron chi connectivity index (χ3n) is 6.02. The standard InChI is InChI=1S/C22H18N4O.C7H6O.C5H11NO.C2H6/c1-24-19-4-2-3-16(13-19)7-10-20-14-25-22(26-20)12-11-21(23)18-8-5-17(15-27)6-9-18;8-6-7-4-2-1-3-5-7;1-6-2-4-7-5-3-6;1-2/h2-6,8-9,11-15,23-24H,1H3,(H,25,26);1-6H;2-5H2,1H3;1-2H3/b12-11-,23-21?;;;. The van der Waals surface area contributed by atoms with E-state index < -0.39 is 0 Å². The number of H-pyrrole nitrogens is 1. The molecule has 1 fully saturated rings. The molecule has 0 saturated carbocycles. The summed E-state index contributed by atoms with van der Waals surface area (Å²) in [5.74, 6) is 6.77. The highest BCUT2D eigenvalue weighted by atomic mass is 16.5. The van der Waals surface area contributed by atoms with E-state index in [1.54, 1.807) is 54.7 Å². The number of hydrogen-bond donors (Lipinski definition) is 3. The molecule has 0 unspecified atom stereocenters. The van der Waals surface area contributed by atoms with Gasteiger partial charge in [0.1, 0.15) is 24.1 Å². The minimum absolute atomic E-state index is 0.334. The van der Waals surface area contributed by atoms with Gasteiger partial charge in [-0.15, -0.1) is 0 Å². The number of hydrogen-bond acceptors (Lipinski definition) is 7. The lowest BCUT2D eigenvalue weighted by molar-refractivity contribution is 0.0503. The molecule has 3 N–H and O–H groups in total. The summed E-state index contributed by atoms with van der Waals surface area (Å²) in [6.07, 6.45) is 6.66. The average molecular weight is 592 g/mol. The minimum atomic E-state index is 0.334. The number of benzene rings is 3. The van der Waals surface area contributed by atoms with Crippen molar-refractivity contribution in [1.29, 1.82) is 5.41 Å². The Balaban J connectivity index is 0.000000321. The molecule has 1 saturated heterocycles. The normalized spacial score (nSPS) is 12.0. The molecule has 0 radical (unpaired) electrons. The second kappa shape index (κ2) is 20.7. The number of aromatic amines is 1. The van der Waals surface area contributed by atoms with Crippen LogP contribution in [0.25, 0.3) is 6.08 Å². The fourth-order valence-electron chi connectivity index (χ4n) is 3.56. The van der Waals surface area contributed by atoms with Gasteiger partial charge in [-0.3, -0.25) is 9.59 Å². The van der Waals surface area contributed by atoms with E-state index >= 15 is 0 Å². The maximum atomic E-state index is 10.7. The van der Waals surface area contributed by atoms with Gasteiger partial charge in [-0.1, -0.05) is 80.4 Å². The summed E-state index contributed by atoms with van der Waals surface area (Å²) in [4.78, 5) is 30.3. The lowest BCUT2D eigenvalue weighted by atomic mass is 10.1. The zero-order chi connectivity index (χ0) is 32.0. The Morgan fingerprint density at radius 3 is 2.16 bits per heavy atom. The van der Waals surface area contributed by atoms with Crippen LogP contribution in [0.15, 0.2) is 91.1 Å². The maximum Gasteiger partial charge on any atom is 0.150 e. The van der Waals surface area contributed by atoms with Gasteiger partial charge in [0.2, 0.25) is 0 Å². The van der Waals surface area contributed by atoms with E-state index in [0.29, 0.717) is 22.8 Å². The molecule has 8 heteroatoms. The fraction of sp³-hybridized carbons (Fsp3) is 0.222. The molecular formula is C36H41N5O3. The number of nitrogens with zero attached hydrogens (tertiary/aromatic N) is 2. The van der Waals surface area contributed by atoms with Crippen LogP contribution in [0.5, 0.6) is 0 Å². The molecule has 228 valence electrons. The third-order valence-corrected chi connectivity index (χ3v) is 6.02. The molecule has 0 amide bonds. The van der Waals surface area contributed by atoms with Crippen LogP contribution in [-0.2, 0) is 4.74 Å². The van der Waals surface area contributed by atoms with Crippen LogP contribution >= 0.6 is 0 Å². The van der Waals surface area contributed by atoms with Crippen molar-refractivity contribution in [2.45, 2.75) is 13.8 Å². The smallest absolute Gasteiger partial charge is 0.150 e. The van der Waals surface area contributed by atoms with Crippen molar-refractivity contribution < 1.29 is 14.3 Å². The van der Waals surface area contributed by atoms with Crippen molar-refractivity contribution in [3.63, 3.8) is 0 Å². The van der Waals surface area contributed by atoms with Gasteiger partial charge >= 0.3 is 0 Å². The minimum Gasteiger partial charge on any atom is -0.388 e. The van der Waals surface area contributed by atoms with Crippen molar-refractivity contribution in [2.24, 2.45) is 0 Å². The maximum absolute atomic E-state index is 10.7. The van der Waals surface area contributed by atoms with Gasteiger partial charge in [0.15, 0.2) is 0 Å². The fourth-order valence-corrected chi connectivity index (χ4v) is 3.56. The van der Waals surface area contributed by atoms with Crippen molar-refractivity contribution >= 4 is 30.0 Å².